The lowest BCUT2D eigenvalue weighted by atomic mass is 9.93. The predicted octanol–water partition coefficient (Wildman–Crippen LogP) is 3.28. The van der Waals surface area contributed by atoms with Gasteiger partial charge in [-0.15, -0.1) is 0 Å². The predicted molar refractivity (Wildman–Crippen MR) is 78.8 cm³/mol. The van der Waals surface area contributed by atoms with E-state index in [1.807, 2.05) is 50.7 Å². The zero-order valence-electron chi connectivity index (χ0n) is 12.3. The van der Waals surface area contributed by atoms with Gasteiger partial charge >= 0.3 is 5.97 Å². The van der Waals surface area contributed by atoms with Gasteiger partial charge in [0.2, 0.25) is 0 Å². The molecule has 1 aromatic carbocycles. The van der Waals surface area contributed by atoms with Crippen molar-refractivity contribution in [3.63, 3.8) is 0 Å². The van der Waals surface area contributed by atoms with E-state index in [0.717, 1.165) is 28.1 Å². The van der Waals surface area contributed by atoms with Gasteiger partial charge in [0.1, 0.15) is 0 Å². The number of nitrogens with zero attached hydrogens (tertiary/aromatic N) is 2. The first kappa shape index (κ1) is 14.3. The fourth-order valence-corrected chi connectivity index (χ4v) is 2.57. The Balaban J connectivity index is 2.42. The van der Waals surface area contributed by atoms with Crippen LogP contribution in [-0.4, -0.2) is 20.9 Å². The van der Waals surface area contributed by atoms with E-state index in [9.17, 15) is 4.79 Å². The van der Waals surface area contributed by atoms with Gasteiger partial charge in [-0.3, -0.25) is 9.48 Å². The number of aryl methyl sites for hydroxylation is 2. The molecule has 1 aromatic heterocycles. The Morgan fingerprint density at radius 3 is 2.65 bits per heavy atom. The molecule has 0 bridgehead atoms. The Labute approximate surface area is 119 Å². The van der Waals surface area contributed by atoms with Gasteiger partial charge in [-0.25, -0.2) is 0 Å². The van der Waals surface area contributed by atoms with E-state index in [-0.39, 0.29) is 12.3 Å². The van der Waals surface area contributed by atoms with Crippen LogP contribution in [-0.2, 0) is 11.8 Å². The summed E-state index contributed by atoms with van der Waals surface area (Å²) in [6.45, 7) is 5.98. The summed E-state index contributed by atoms with van der Waals surface area (Å²) in [4.78, 5) is 10.8. The molecule has 0 saturated carbocycles. The lowest BCUT2D eigenvalue weighted by Crippen LogP contribution is -2.03. The molecule has 4 heteroatoms. The Morgan fingerprint density at radius 1 is 1.40 bits per heavy atom. The van der Waals surface area contributed by atoms with E-state index >= 15 is 0 Å². The molecule has 106 valence electrons. The van der Waals surface area contributed by atoms with Gasteiger partial charge in [0.25, 0.3) is 0 Å². The number of carboxylic acid groups (broad SMARTS) is 1. The van der Waals surface area contributed by atoms with Crippen molar-refractivity contribution in [2.45, 2.75) is 33.1 Å². The highest BCUT2D eigenvalue weighted by atomic mass is 16.4. The molecular weight excluding hydrogens is 252 g/mol. The van der Waals surface area contributed by atoms with Crippen LogP contribution in [0.3, 0.4) is 0 Å². The number of aromatic nitrogens is 2. The zero-order valence-corrected chi connectivity index (χ0v) is 12.3. The first-order valence-electron chi connectivity index (χ1n) is 6.72. The number of benzene rings is 1. The van der Waals surface area contributed by atoms with Crippen LogP contribution in [0, 0.1) is 13.8 Å². The Morgan fingerprint density at radius 2 is 2.10 bits per heavy atom. The van der Waals surface area contributed by atoms with Gasteiger partial charge in [0.15, 0.2) is 0 Å². The maximum atomic E-state index is 10.8. The van der Waals surface area contributed by atoms with Crippen molar-refractivity contribution in [3.05, 3.63) is 41.2 Å². The smallest absolute Gasteiger partial charge is 0.303 e. The molecule has 0 fully saturated rings. The number of carboxylic acids is 1. The third-order valence-corrected chi connectivity index (χ3v) is 3.73. The van der Waals surface area contributed by atoms with Crippen LogP contribution in [0.4, 0.5) is 0 Å². The summed E-state index contributed by atoms with van der Waals surface area (Å²) in [7, 11) is 1.93. The first-order valence-corrected chi connectivity index (χ1v) is 6.72. The number of hydrogen-bond donors (Lipinski definition) is 1. The van der Waals surface area contributed by atoms with Gasteiger partial charge in [0, 0.05) is 18.3 Å². The molecule has 0 aliphatic heterocycles. The molecule has 2 aromatic rings. The van der Waals surface area contributed by atoms with Gasteiger partial charge in [-0.2, -0.15) is 5.10 Å². The molecule has 0 spiro atoms. The van der Waals surface area contributed by atoms with E-state index in [2.05, 4.69) is 11.2 Å². The highest BCUT2D eigenvalue weighted by Crippen LogP contribution is 2.29. The molecule has 0 amide bonds. The minimum atomic E-state index is -0.767. The molecule has 1 heterocycles. The Bertz CT molecular complexity index is 644. The second-order valence-electron chi connectivity index (χ2n) is 5.29. The summed E-state index contributed by atoms with van der Waals surface area (Å²) in [5.41, 5.74) is 5.39. The van der Waals surface area contributed by atoms with Gasteiger partial charge in [-0.1, -0.05) is 31.2 Å². The molecule has 20 heavy (non-hydrogen) atoms. The average Bonchev–Trinajstić information content (AvgIpc) is 2.62. The summed E-state index contributed by atoms with van der Waals surface area (Å²) in [5, 5.41) is 13.3. The number of carbonyl (C=O) groups is 1. The minimum Gasteiger partial charge on any atom is -0.481 e. The second-order valence-corrected chi connectivity index (χ2v) is 5.29. The molecule has 0 aliphatic carbocycles. The van der Waals surface area contributed by atoms with E-state index in [4.69, 9.17) is 5.11 Å². The van der Waals surface area contributed by atoms with Crippen molar-refractivity contribution < 1.29 is 9.90 Å². The summed E-state index contributed by atoms with van der Waals surface area (Å²) in [6.07, 6.45) is 0.147. The minimum absolute atomic E-state index is 0.00438. The van der Waals surface area contributed by atoms with Gasteiger partial charge in [0.05, 0.1) is 12.1 Å². The largest absolute Gasteiger partial charge is 0.481 e. The van der Waals surface area contributed by atoms with Crippen molar-refractivity contribution in [2.24, 2.45) is 7.05 Å². The standard InChI is InChI=1S/C16H20N2O2/c1-10(8-15(19)20)13-6-5-7-14(9-13)16-11(2)17-18(4)12(16)3/h5-7,9-10H,8H2,1-4H3,(H,19,20). The van der Waals surface area contributed by atoms with Crippen LogP contribution >= 0.6 is 0 Å². The zero-order chi connectivity index (χ0) is 14.9. The molecule has 1 N–H and O–H groups in total. The van der Waals surface area contributed by atoms with Crippen molar-refractivity contribution in [3.8, 4) is 11.1 Å². The summed E-state index contributed by atoms with van der Waals surface area (Å²) in [5.74, 6) is -0.763. The lowest BCUT2D eigenvalue weighted by Gasteiger charge is -2.11. The Hall–Kier alpha value is -2.10. The fourth-order valence-electron chi connectivity index (χ4n) is 2.57. The normalized spacial score (nSPS) is 12.4. The highest BCUT2D eigenvalue weighted by Gasteiger charge is 2.14. The summed E-state index contributed by atoms with van der Waals surface area (Å²) < 4.78 is 1.87. The SMILES string of the molecule is Cc1nn(C)c(C)c1-c1cccc(C(C)CC(=O)O)c1. The van der Waals surface area contributed by atoms with Crippen molar-refractivity contribution >= 4 is 5.97 Å². The lowest BCUT2D eigenvalue weighted by molar-refractivity contribution is -0.137. The number of hydrogen-bond acceptors (Lipinski definition) is 2. The molecule has 2 rings (SSSR count). The van der Waals surface area contributed by atoms with Crippen LogP contribution in [0.2, 0.25) is 0 Å². The van der Waals surface area contributed by atoms with Gasteiger partial charge in [-0.05, 0) is 30.9 Å². The van der Waals surface area contributed by atoms with Crippen molar-refractivity contribution in [2.75, 3.05) is 0 Å². The topological polar surface area (TPSA) is 55.1 Å². The quantitative estimate of drug-likeness (QED) is 0.929. The van der Waals surface area contributed by atoms with Crippen molar-refractivity contribution in [1.82, 2.24) is 9.78 Å². The monoisotopic (exact) mass is 272 g/mol. The van der Waals surface area contributed by atoms with Crippen LogP contribution in [0.1, 0.15) is 36.2 Å². The van der Waals surface area contributed by atoms with E-state index < -0.39 is 5.97 Å². The van der Waals surface area contributed by atoms with Crippen LogP contribution in [0.15, 0.2) is 24.3 Å². The first-order chi connectivity index (χ1) is 9.40. The van der Waals surface area contributed by atoms with Gasteiger partial charge < -0.3 is 5.11 Å². The Kier molecular flexibility index (Phi) is 3.93. The average molecular weight is 272 g/mol. The molecule has 0 saturated heterocycles. The summed E-state index contributed by atoms with van der Waals surface area (Å²) >= 11 is 0. The highest BCUT2D eigenvalue weighted by molar-refractivity contribution is 5.70. The molecule has 1 atom stereocenters. The molecule has 1 unspecified atom stereocenters. The summed E-state index contributed by atoms with van der Waals surface area (Å²) in [6, 6.07) is 8.09. The number of aliphatic carboxylic acids is 1. The van der Waals surface area contributed by atoms with Crippen molar-refractivity contribution in [1.29, 1.82) is 0 Å². The molecular formula is C16H20N2O2. The van der Waals surface area contributed by atoms with Crippen LogP contribution < -0.4 is 0 Å². The van der Waals surface area contributed by atoms with E-state index in [0.29, 0.717) is 0 Å². The van der Waals surface area contributed by atoms with E-state index in [1.165, 1.54) is 0 Å². The molecule has 0 radical (unpaired) electrons. The van der Waals surface area contributed by atoms with Crippen LogP contribution in [0.25, 0.3) is 11.1 Å². The second kappa shape index (κ2) is 5.49. The maximum absolute atomic E-state index is 10.8. The third-order valence-electron chi connectivity index (χ3n) is 3.73. The fraction of sp³-hybridized carbons (Fsp3) is 0.375. The van der Waals surface area contributed by atoms with Crippen LogP contribution in [0.5, 0.6) is 0 Å². The third kappa shape index (κ3) is 2.74. The molecule has 0 aliphatic rings. The van der Waals surface area contributed by atoms with E-state index in [1.54, 1.807) is 0 Å². The maximum Gasteiger partial charge on any atom is 0.303 e. The molecule has 4 nitrogen and oxygen atoms in total. The number of rotatable bonds is 4.